The van der Waals surface area contributed by atoms with Gasteiger partial charge in [-0.3, -0.25) is 9.36 Å². The van der Waals surface area contributed by atoms with E-state index in [1.807, 2.05) is 5.38 Å². The zero-order chi connectivity index (χ0) is 19.0. The van der Waals surface area contributed by atoms with Crippen LogP contribution in [0.5, 0.6) is 5.75 Å². The van der Waals surface area contributed by atoms with Gasteiger partial charge in [0.1, 0.15) is 16.2 Å². The van der Waals surface area contributed by atoms with Gasteiger partial charge in [0, 0.05) is 29.8 Å². The monoisotopic (exact) mass is 398 g/mol. The van der Waals surface area contributed by atoms with E-state index in [0.29, 0.717) is 33.3 Å². The Kier molecular flexibility index (Phi) is 4.59. The predicted molar refractivity (Wildman–Crippen MR) is 108 cm³/mol. The minimum Gasteiger partial charge on any atom is -0.508 e. The van der Waals surface area contributed by atoms with E-state index in [2.05, 4.69) is 11.6 Å². The first-order valence-electron chi connectivity index (χ1n) is 8.04. The number of aromatic nitrogens is 2. The third-order valence-electron chi connectivity index (χ3n) is 4.03. The van der Waals surface area contributed by atoms with Gasteiger partial charge in [-0.1, -0.05) is 17.8 Å². The number of fused-ring (bicyclic) bond motifs is 2. The molecule has 0 saturated heterocycles. The Morgan fingerprint density at radius 3 is 2.93 bits per heavy atom. The number of phenolic OH excluding ortho intramolecular Hbond substituents is 1. The van der Waals surface area contributed by atoms with Gasteiger partial charge in [0.15, 0.2) is 5.16 Å². The fourth-order valence-electron chi connectivity index (χ4n) is 2.81. The Hall–Kier alpha value is -2.84. The molecule has 0 aliphatic rings. The molecule has 0 spiro atoms. The molecule has 8 heteroatoms. The fourth-order valence-corrected chi connectivity index (χ4v) is 4.62. The number of phenols is 1. The molecule has 0 aliphatic carbocycles. The molecule has 136 valence electrons. The van der Waals surface area contributed by atoms with E-state index in [-0.39, 0.29) is 11.3 Å². The SMILES string of the molecule is C=CCn1c(SCc2cc(=O)oc3cc(O)ccc23)nc2sccc2c1=O. The lowest BCUT2D eigenvalue weighted by atomic mass is 10.1. The molecule has 4 aromatic rings. The number of benzene rings is 1. The molecule has 1 N–H and O–H groups in total. The van der Waals surface area contributed by atoms with Crippen molar-refractivity contribution in [2.24, 2.45) is 0 Å². The van der Waals surface area contributed by atoms with Crippen LogP contribution >= 0.6 is 23.1 Å². The first-order chi connectivity index (χ1) is 13.1. The number of rotatable bonds is 5. The van der Waals surface area contributed by atoms with Gasteiger partial charge in [0.25, 0.3) is 5.56 Å². The lowest BCUT2D eigenvalue weighted by molar-refractivity contribution is 0.473. The number of allylic oxidation sites excluding steroid dienone is 1. The van der Waals surface area contributed by atoms with Gasteiger partial charge in [-0.2, -0.15) is 0 Å². The normalized spacial score (nSPS) is 11.3. The highest BCUT2D eigenvalue weighted by atomic mass is 32.2. The highest BCUT2D eigenvalue weighted by Crippen LogP contribution is 2.28. The largest absolute Gasteiger partial charge is 0.508 e. The molecule has 0 amide bonds. The van der Waals surface area contributed by atoms with Crippen LogP contribution in [-0.4, -0.2) is 14.7 Å². The van der Waals surface area contributed by atoms with Crippen molar-refractivity contribution in [1.82, 2.24) is 9.55 Å². The lowest BCUT2D eigenvalue weighted by Gasteiger charge is -2.10. The third-order valence-corrected chi connectivity index (χ3v) is 5.86. The van der Waals surface area contributed by atoms with Gasteiger partial charge in [-0.25, -0.2) is 9.78 Å². The van der Waals surface area contributed by atoms with Crippen LogP contribution in [0.3, 0.4) is 0 Å². The number of aromatic hydroxyl groups is 1. The second kappa shape index (κ2) is 7.05. The van der Waals surface area contributed by atoms with E-state index in [9.17, 15) is 14.7 Å². The molecular weight excluding hydrogens is 384 g/mol. The van der Waals surface area contributed by atoms with Crippen LogP contribution in [0, 0.1) is 0 Å². The van der Waals surface area contributed by atoms with E-state index >= 15 is 0 Å². The molecule has 6 nitrogen and oxygen atoms in total. The summed E-state index contributed by atoms with van der Waals surface area (Å²) >= 11 is 2.78. The number of nitrogens with zero attached hydrogens (tertiary/aromatic N) is 2. The maximum atomic E-state index is 12.7. The smallest absolute Gasteiger partial charge is 0.336 e. The summed E-state index contributed by atoms with van der Waals surface area (Å²) in [7, 11) is 0. The number of thioether (sulfide) groups is 1. The van der Waals surface area contributed by atoms with Crippen molar-refractivity contribution in [3.05, 3.63) is 74.7 Å². The molecule has 3 aromatic heterocycles. The Morgan fingerprint density at radius 2 is 2.11 bits per heavy atom. The Morgan fingerprint density at radius 1 is 1.26 bits per heavy atom. The second-order valence-electron chi connectivity index (χ2n) is 5.80. The fraction of sp³-hybridized carbons (Fsp3) is 0.105. The molecule has 1 aromatic carbocycles. The van der Waals surface area contributed by atoms with Crippen molar-refractivity contribution >= 4 is 44.3 Å². The van der Waals surface area contributed by atoms with Crippen molar-refractivity contribution in [1.29, 1.82) is 0 Å². The van der Waals surface area contributed by atoms with Crippen LogP contribution in [0.1, 0.15) is 5.56 Å². The summed E-state index contributed by atoms with van der Waals surface area (Å²) in [6.45, 7) is 4.07. The summed E-state index contributed by atoms with van der Waals surface area (Å²) in [5.41, 5.74) is 0.472. The van der Waals surface area contributed by atoms with Crippen molar-refractivity contribution in [3.8, 4) is 5.75 Å². The van der Waals surface area contributed by atoms with E-state index in [1.54, 1.807) is 28.8 Å². The van der Waals surface area contributed by atoms with Crippen LogP contribution in [0.15, 0.2) is 67.5 Å². The lowest BCUT2D eigenvalue weighted by Crippen LogP contribution is -2.22. The molecule has 0 fully saturated rings. The van der Waals surface area contributed by atoms with E-state index in [0.717, 1.165) is 10.9 Å². The van der Waals surface area contributed by atoms with Crippen molar-refractivity contribution < 1.29 is 9.52 Å². The minimum atomic E-state index is -0.492. The van der Waals surface area contributed by atoms with Gasteiger partial charge in [-0.05, 0) is 29.1 Å². The molecule has 0 saturated carbocycles. The molecule has 0 atom stereocenters. The van der Waals surface area contributed by atoms with E-state index in [1.165, 1.54) is 35.2 Å². The summed E-state index contributed by atoms with van der Waals surface area (Å²) < 4.78 is 6.73. The van der Waals surface area contributed by atoms with Gasteiger partial charge in [0.2, 0.25) is 0 Å². The van der Waals surface area contributed by atoms with Crippen molar-refractivity contribution in [2.45, 2.75) is 17.5 Å². The molecule has 0 unspecified atom stereocenters. The number of hydrogen-bond donors (Lipinski definition) is 1. The minimum absolute atomic E-state index is 0.0279. The second-order valence-corrected chi connectivity index (χ2v) is 7.64. The first kappa shape index (κ1) is 17.6. The van der Waals surface area contributed by atoms with Crippen LogP contribution in [0.2, 0.25) is 0 Å². The van der Waals surface area contributed by atoms with E-state index < -0.39 is 5.63 Å². The molecule has 27 heavy (non-hydrogen) atoms. The summed E-state index contributed by atoms with van der Waals surface area (Å²) in [4.78, 5) is 29.8. The average molecular weight is 398 g/mol. The first-order valence-corrected chi connectivity index (χ1v) is 9.91. The number of hydrogen-bond acceptors (Lipinski definition) is 7. The average Bonchev–Trinajstić information content (AvgIpc) is 3.10. The number of thiophene rings is 1. The molecule has 3 heterocycles. The zero-order valence-electron chi connectivity index (χ0n) is 14.0. The Bertz CT molecular complexity index is 1290. The van der Waals surface area contributed by atoms with Crippen LogP contribution < -0.4 is 11.2 Å². The van der Waals surface area contributed by atoms with Crippen molar-refractivity contribution in [2.75, 3.05) is 0 Å². The molecule has 0 bridgehead atoms. The maximum absolute atomic E-state index is 12.7. The molecule has 0 aliphatic heterocycles. The zero-order valence-corrected chi connectivity index (χ0v) is 15.7. The standard InChI is InChI=1S/C19H14N2O4S2/c1-2-6-21-18(24)14-5-7-26-17(14)20-19(21)27-10-11-8-16(23)25-15-9-12(22)3-4-13(11)15/h2-5,7-9,22H,1,6,10H2. The van der Waals surface area contributed by atoms with Crippen LogP contribution in [-0.2, 0) is 12.3 Å². The van der Waals surface area contributed by atoms with Crippen LogP contribution in [0.25, 0.3) is 21.2 Å². The Balaban J connectivity index is 1.77. The summed E-state index contributed by atoms with van der Waals surface area (Å²) in [5, 5.41) is 13.3. The quantitative estimate of drug-likeness (QED) is 0.239. The van der Waals surface area contributed by atoms with Crippen LogP contribution in [0.4, 0.5) is 0 Å². The molecule has 4 rings (SSSR count). The van der Waals surface area contributed by atoms with Gasteiger partial charge in [-0.15, -0.1) is 17.9 Å². The maximum Gasteiger partial charge on any atom is 0.336 e. The summed E-state index contributed by atoms with van der Waals surface area (Å²) in [6, 6.07) is 7.85. The summed E-state index contributed by atoms with van der Waals surface area (Å²) in [5.74, 6) is 0.452. The van der Waals surface area contributed by atoms with Crippen molar-refractivity contribution in [3.63, 3.8) is 0 Å². The highest BCUT2D eigenvalue weighted by molar-refractivity contribution is 7.98. The predicted octanol–water partition coefficient (Wildman–Crippen LogP) is 3.75. The highest BCUT2D eigenvalue weighted by Gasteiger charge is 2.13. The van der Waals surface area contributed by atoms with Gasteiger partial charge >= 0.3 is 5.63 Å². The van der Waals surface area contributed by atoms with Gasteiger partial charge < -0.3 is 9.52 Å². The van der Waals surface area contributed by atoms with Gasteiger partial charge in [0.05, 0.1) is 5.39 Å². The molecular formula is C19H14N2O4S2. The molecule has 0 radical (unpaired) electrons. The van der Waals surface area contributed by atoms with E-state index in [4.69, 9.17) is 4.42 Å². The third kappa shape index (κ3) is 3.29. The topological polar surface area (TPSA) is 85.3 Å². The Labute approximate surface area is 161 Å². The summed E-state index contributed by atoms with van der Waals surface area (Å²) in [6.07, 6.45) is 1.65.